The monoisotopic (exact) mass is 365 g/mol. The van der Waals surface area contributed by atoms with E-state index < -0.39 is 0 Å². The van der Waals surface area contributed by atoms with Crippen LogP contribution in [-0.4, -0.2) is 32.7 Å². The molecule has 0 spiro atoms. The van der Waals surface area contributed by atoms with Crippen molar-refractivity contribution in [3.05, 3.63) is 53.6 Å². The highest BCUT2D eigenvalue weighted by molar-refractivity contribution is 5.77. The number of amides is 1. The first-order chi connectivity index (χ1) is 13.2. The van der Waals surface area contributed by atoms with E-state index in [-0.39, 0.29) is 12.5 Å². The van der Waals surface area contributed by atoms with E-state index >= 15 is 0 Å². The maximum atomic E-state index is 12.1. The molecule has 6 heteroatoms. The Bertz CT molecular complexity index is 822. The van der Waals surface area contributed by atoms with Crippen LogP contribution in [0.1, 0.15) is 24.0 Å². The highest BCUT2D eigenvalue weighted by Crippen LogP contribution is 2.27. The molecular formula is C21H23N3O3. The summed E-state index contributed by atoms with van der Waals surface area (Å²) < 4.78 is 10.7. The Kier molecular flexibility index (Phi) is 6.16. The smallest absolute Gasteiger partial charge is 0.258 e. The largest absolute Gasteiger partial charge is 0.493 e. The van der Waals surface area contributed by atoms with Crippen LogP contribution in [0.4, 0.5) is 5.69 Å². The topological polar surface area (TPSA) is 74.6 Å². The van der Waals surface area contributed by atoms with Crippen LogP contribution in [0.3, 0.4) is 0 Å². The van der Waals surface area contributed by atoms with Gasteiger partial charge in [-0.15, -0.1) is 0 Å². The fourth-order valence-corrected chi connectivity index (χ4v) is 3.05. The summed E-state index contributed by atoms with van der Waals surface area (Å²) in [7, 11) is 1.50. The van der Waals surface area contributed by atoms with Gasteiger partial charge >= 0.3 is 0 Å². The summed E-state index contributed by atoms with van der Waals surface area (Å²) in [5.41, 5.74) is 2.75. The highest BCUT2D eigenvalue weighted by atomic mass is 16.5. The van der Waals surface area contributed by atoms with Crippen LogP contribution < -0.4 is 19.7 Å². The van der Waals surface area contributed by atoms with Crippen LogP contribution in [0, 0.1) is 11.3 Å². The number of ether oxygens (including phenoxy) is 2. The van der Waals surface area contributed by atoms with Gasteiger partial charge in [0.25, 0.3) is 5.91 Å². The van der Waals surface area contributed by atoms with Crippen LogP contribution in [0.15, 0.2) is 42.5 Å². The number of nitriles is 1. The van der Waals surface area contributed by atoms with Crippen molar-refractivity contribution in [2.24, 2.45) is 0 Å². The fraction of sp³-hybridized carbons (Fsp3) is 0.333. The van der Waals surface area contributed by atoms with E-state index in [0.717, 1.165) is 18.7 Å². The van der Waals surface area contributed by atoms with Crippen molar-refractivity contribution in [2.45, 2.75) is 19.4 Å². The first kappa shape index (κ1) is 18.6. The molecule has 1 aliphatic rings. The van der Waals surface area contributed by atoms with Crippen molar-refractivity contribution in [1.82, 2.24) is 5.32 Å². The van der Waals surface area contributed by atoms with Crippen molar-refractivity contribution in [3.8, 4) is 17.6 Å². The molecule has 1 N–H and O–H groups in total. The van der Waals surface area contributed by atoms with Gasteiger partial charge in [0.05, 0.1) is 18.7 Å². The highest BCUT2D eigenvalue weighted by Gasteiger charge is 2.12. The average molecular weight is 365 g/mol. The van der Waals surface area contributed by atoms with Gasteiger partial charge in [0, 0.05) is 31.4 Å². The van der Waals surface area contributed by atoms with Gasteiger partial charge in [0.2, 0.25) is 0 Å². The lowest BCUT2D eigenvalue weighted by molar-refractivity contribution is -0.123. The maximum Gasteiger partial charge on any atom is 0.258 e. The van der Waals surface area contributed by atoms with Crippen LogP contribution in [0.5, 0.6) is 11.5 Å². The summed E-state index contributed by atoms with van der Waals surface area (Å²) in [6.45, 7) is 2.57. The van der Waals surface area contributed by atoms with Crippen LogP contribution >= 0.6 is 0 Å². The molecule has 0 aliphatic carbocycles. The molecule has 1 amide bonds. The summed E-state index contributed by atoms with van der Waals surface area (Å²) >= 11 is 0. The summed E-state index contributed by atoms with van der Waals surface area (Å²) in [5, 5.41) is 11.8. The second kappa shape index (κ2) is 8.95. The summed E-state index contributed by atoms with van der Waals surface area (Å²) in [4.78, 5) is 14.4. The van der Waals surface area contributed by atoms with Gasteiger partial charge in [0.1, 0.15) is 0 Å². The number of hydrogen-bond donors (Lipinski definition) is 1. The van der Waals surface area contributed by atoms with E-state index in [1.807, 2.05) is 18.2 Å². The molecular weight excluding hydrogens is 342 g/mol. The lowest BCUT2D eigenvalue weighted by Gasteiger charge is -2.17. The number of nitrogens with zero attached hydrogens (tertiary/aromatic N) is 2. The molecule has 0 radical (unpaired) electrons. The van der Waals surface area contributed by atoms with E-state index in [1.54, 1.807) is 18.2 Å². The summed E-state index contributed by atoms with van der Waals surface area (Å²) in [6, 6.07) is 15.1. The standard InChI is InChI=1S/C21H23N3O3/c1-26-20-12-17(13-22)6-9-19(20)27-15-21(25)23-14-16-4-7-18(8-5-16)24-10-2-3-11-24/h4-9,12H,2-3,10-11,14-15H2,1H3,(H,23,25). The average Bonchev–Trinajstić information content (AvgIpc) is 3.25. The van der Waals surface area contributed by atoms with E-state index in [9.17, 15) is 4.79 Å². The zero-order valence-electron chi connectivity index (χ0n) is 15.4. The minimum absolute atomic E-state index is 0.117. The molecule has 0 bridgehead atoms. The van der Waals surface area contributed by atoms with Gasteiger partial charge in [0.15, 0.2) is 18.1 Å². The number of benzene rings is 2. The molecule has 27 heavy (non-hydrogen) atoms. The molecule has 2 aromatic carbocycles. The molecule has 1 heterocycles. The third-order valence-electron chi connectivity index (χ3n) is 4.55. The maximum absolute atomic E-state index is 12.1. The predicted molar refractivity (Wildman–Crippen MR) is 103 cm³/mol. The number of hydrogen-bond acceptors (Lipinski definition) is 5. The SMILES string of the molecule is COc1cc(C#N)ccc1OCC(=O)NCc1ccc(N2CCCC2)cc1. The Morgan fingerprint density at radius 1 is 1.15 bits per heavy atom. The second-order valence-electron chi connectivity index (χ2n) is 6.40. The van der Waals surface area contributed by atoms with Crippen LogP contribution in [0.2, 0.25) is 0 Å². The zero-order valence-corrected chi connectivity index (χ0v) is 15.4. The number of anilines is 1. The van der Waals surface area contributed by atoms with E-state index in [1.165, 1.54) is 25.6 Å². The third-order valence-corrected chi connectivity index (χ3v) is 4.55. The molecule has 0 atom stereocenters. The zero-order chi connectivity index (χ0) is 19.1. The normalized spacial score (nSPS) is 13.1. The van der Waals surface area contributed by atoms with Gasteiger partial charge < -0.3 is 19.7 Å². The minimum Gasteiger partial charge on any atom is -0.493 e. The van der Waals surface area contributed by atoms with E-state index in [0.29, 0.717) is 23.6 Å². The molecule has 1 fully saturated rings. The number of methoxy groups -OCH3 is 1. The molecule has 0 unspecified atom stereocenters. The van der Waals surface area contributed by atoms with Crippen molar-refractivity contribution in [1.29, 1.82) is 5.26 Å². The van der Waals surface area contributed by atoms with Crippen molar-refractivity contribution >= 4 is 11.6 Å². The lowest BCUT2D eigenvalue weighted by atomic mass is 10.2. The molecule has 140 valence electrons. The number of carbonyl (C=O) groups excluding carboxylic acids is 1. The van der Waals surface area contributed by atoms with Gasteiger partial charge in [-0.3, -0.25) is 4.79 Å². The number of rotatable bonds is 7. The summed E-state index contributed by atoms with van der Waals surface area (Å²) in [5.74, 6) is 0.644. The molecule has 0 saturated carbocycles. The Balaban J connectivity index is 1.48. The Hall–Kier alpha value is -3.20. The Morgan fingerprint density at radius 2 is 1.89 bits per heavy atom. The Morgan fingerprint density at radius 3 is 2.56 bits per heavy atom. The quantitative estimate of drug-likeness (QED) is 0.817. The number of nitrogens with one attached hydrogen (secondary N) is 1. The molecule has 1 aliphatic heterocycles. The molecule has 6 nitrogen and oxygen atoms in total. The van der Waals surface area contributed by atoms with Crippen molar-refractivity contribution in [2.75, 3.05) is 31.7 Å². The van der Waals surface area contributed by atoms with Gasteiger partial charge in [-0.05, 0) is 42.7 Å². The third kappa shape index (κ3) is 4.91. The first-order valence-corrected chi connectivity index (χ1v) is 9.01. The summed E-state index contributed by atoms with van der Waals surface area (Å²) in [6.07, 6.45) is 2.50. The Labute approximate surface area is 159 Å². The van der Waals surface area contributed by atoms with Gasteiger partial charge in [-0.2, -0.15) is 5.26 Å². The van der Waals surface area contributed by atoms with Crippen molar-refractivity contribution < 1.29 is 14.3 Å². The minimum atomic E-state index is -0.218. The van der Waals surface area contributed by atoms with Gasteiger partial charge in [-0.1, -0.05) is 12.1 Å². The fourth-order valence-electron chi connectivity index (χ4n) is 3.05. The van der Waals surface area contributed by atoms with Crippen LogP contribution in [-0.2, 0) is 11.3 Å². The van der Waals surface area contributed by atoms with Crippen molar-refractivity contribution in [3.63, 3.8) is 0 Å². The molecule has 0 aromatic heterocycles. The van der Waals surface area contributed by atoms with E-state index in [2.05, 4.69) is 22.3 Å². The molecule has 1 saturated heterocycles. The number of carbonyl (C=O) groups is 1. The molecule has 3 rings (SSSR count). The predicted octanol–water partition coefficient (Wildman–Crippen LogP) is 2.86. The van der Waals surface area contributed by atoms with Gasteiger partial charge in [-0.25, -0.2) is 0 Å². The first-order valence-electron chi connectivity index (χ1n) is 9.01. The van der Waals surface area contributed by atoms with E-state index in [4.69, 9.17) is 14.7 Å². The lowest BCUT2D eigenvalue weighted by Crippen LogP contribution is -2.28. The second-order valence-corrected chi connectivity index (χ2v) is 6.40. The van der Waals surface area contributed by atoms with Crippen LogP contribution in [0.25, 0.3) is 0 Å². The molecule has 2 aromatic rings.